The summed E-state index contributed by atoms with van der Waals surface area (Å²) in [6.45, 7) is 10.0. The summed E-state index contributed by atoms with van der Waals surface area (Å²) in [4.78, 5) is 10.7. The Hall–Kier alpha value is -0.283. The van der Waals surface area contributed by atoms with Crippen molar-refractivity contribution in [3.8, 4) is 0 Å². The highest BCUT2D eigenvalue weighted by atomic mass is 35.6. The van der Waals surface area contributed by atoms with Gasteiger partial charge in [-0.2, -0.15) is 11.1 Å². The van der Waals surface area contributed by atoms with E-state index in [2.05, 4.69) is 26.6 Å². The molecule has 0 N–H and O–H groups in total. The van der Waals surface area contributed by atoms with Gasteiger partial charge in [0.25, 0.3) is 0 Å². The monoisotopic (exact) mass is 220 g/mol. The van der Waals surface area contributed by atoms with Crippen molar-refractivity contribution in [3.63, 3.8) is 0 Å². The van der Waals surface area contributed by atoms with Crippen LogP contribution in [0.3, 0.4) is 0 Å². The van der Waals surface area contributed by atoms with Crippen LogP contribution >= 0.6 is 11.1 Å². The lowest BCUT2D eigenvalue weighted by Crippen LogP contribution is -2.24. The van der Waals surface area contributed by atoms with E-state index in [4.69, 9.17) is 15.8 Å². The molecule has 0 rings (SSSR count). The van der Waals surface area contributed by atoms with Gasteiger partial charge >= 0.3 is 5.97 Å². The molecule has 0 aliphatic carbocycles. The quantitative estimate of drug-likeness (QED) is 0.308. The molecule has 1 atom stereocenters. The van der Waals surface area contributed by atoms with E-state index in [1.54, 1.807) is 0 Å². The fourth-order valence-electron chi connectivity index (χ4n) is 0.738. The zero-order valence-electron chi connectivity index (χ0n) is 8.47. The first-order valence-electron chi connectivity index (χ1n) is 4.36. The van der Waals surface area contributed by atoms with Gasteiger partial charge in [0.15, 0.2) is 7.38 Å². The Morgan fingerprint density at radius 1 is 1.69 bits per heavy atom. The highest BCUT2D eigenvalue weighted by Gasteiger charge is 2.25. The molecule has 0 amide bonds. The molecule has 2 nitrogen and oxygen atoms in total. The first-order chi connectivity index (χ1) is 5.88. The minimum atomic E-state index is -1.59. The van der Waals surface area contributed by atoms with Crippen molar-refractivity contribution in [1.29, 1.82) is 0 Å². The van der Waals surface area contributed by atoms with Crippen molar-refractivity contribution in [2.75, 3.05) is 6.61 Å². The fraction of sp³-hybridized carbons (Fsp3) is 0.667. The zero-order chi connectivity index (χ0) is 10.5. The third-order valence-electron chi connectivity index (χ3n) is 2.13. The molecule has 0 aliphatic rings. The Morgan fingerprint density at radius 3 is 2.62 bits per heavy atom. The van der Waals surface area contributed by atoms with Gasteiger partial charge in [-0.1, -0.05) is 26.6 Å². The lowest BCUT2D eigenvalue weighted by atomic mass is 10.3. The predicted molar refractivity (Wildman–Crippen MR) is 58.5 cm³/mol. The summed E-state index contributed by atoms with van der Waals surface area (Å²) in [6, 6.07) is 0. The topological polar surface area (TPSA) is 26.3 Å². The van der Waals surface area contributed by atoms with Gasteiger partial charge in [0.2, 0.25) is 0 Å². The van der Waals surface area contributed by atoms with Crippen molar-refractivity contribution in [1.82, 2.24) is 0 Å². The average Bonchev–Trinajstić information content (AvgIpc) is 2.02. The Balaban J connectivity index is 3.65. The molecule has 1 unspecified atom stereocenters. The summed E-state index contributed by atoms with van der Waals surface area (Å²) >= 11 is 6.21. The van der Waals surface area contributed by atoms with Gasteiger partial charge in [-0.25, -0.2) is 4.79 Å². The van der Waals surface area contributed by atoms with Crippen LogP contribution in [0.1, 0.15) is 13.3 Å². The summed E-state index contributed by atoms with van der Waals surface area (Å²) in [5.41, 5.74) is 0.451. The molecule has 13 heavy (non-hydrogen) atoms. The lowest BCUT2D eigenvalue weighted by molar-refractivity contribution is -0.137. The molecule has 0 radical (unpaired) electrons. The van der Waals surface area contributed by atoms with E-state index < -0.39 is 7.38 Å². The van der Waals surface area contributed by atoms with Crippen LogP contribution in [0, 0.1) is 0 Å². The Morgan fingerprint density at radius 2 is 2.23 bits per heavy atom. The molecule has 0 bridgehead atoms. The molecule has 0 saturated heterocycles. The largest absolute Gasteiger partial charge is 0.463 e. The second kappa shape index (κ2) is 5.45. The second-order valence-corrected chi connectivity index (χ2v) is 10.7. The zero-order valence-corrected chi connectivity index (χ0v) is 10.2. The standard InChI is InChI=1S/C9H17ClO2Si/c1-5-9(11)12-7-6-8(2)13(3,4)10/h5,8H,1,6-7H2,2-4H3. The van der Waals surface area contributed by atoms with Crippen molar-refractivity contribution < 1.29 is 9.53 Å². The summed E-state index contributed by atoms with van der Waals surface area (Å²) in [6.07, 6.45) is 2.01. The van der Waals surface area contributed by atoms with E-state index in [1.807, 2.05) is 0 Å². The molecular weight excluding hydrogens is 204 g/mol. The van der Waals surface area contributed by atoms with E-state index in [1.165, 1.54) is 6.08 Å². The van der Waals surface area contributed by atoms with Crippen LogP contribution in [0.5, 0.6) is 0 Å². The van der Waals surface area contributed by atoms with Crippen LogP contribution in [-0.2, 0) is 9.53 Å². The highest BCUT2D eigenvalue weighted by molar-refractivity contribution is 7.19. The smallest absolute Gasteiger partial charge is 0.330 e. The van der Waals surface area contributed by atoms with Gasteiger partial charge in [0.05, 0.1) is 6.61 Å². The van der Waals surface area contributed by atoms with Gasteiger partial charge in [-0.3, -0.25) is 0 Å². The SMILES string of the molecule is C=CC(=O)OCCC(C)[Si](C)(C)Cl. The number of rotatable bonds is 5. The van der Waals surface area contributed by atoms with Crippen LogP contribution in [0.4, 0.5) is 0 Å². The van der Waals surface area contributed by atoms with Crippen molar-refractivity contribution in [2.24, 2.45) is 0 Å². The van der Waals surface area contributed by atoms with E-state index in [0.29, 0.717) is 12.1 Å². The van der Waals surface area contributed by atoms with Crippen LogP contribution in [-0.4, -0.2) is 20.0 Å². The maximum atomic E-state index is 10.7. The van der Waals surface area contributed by atoms with Crippen molar-refractivity contribution in [2.45, 2.75) is 32.0 Å². The summed E-state index contributed by atoms with van der Waals surface area (Å²) in [5.74, 6) is -0.360. The summed E-state index contributed by atoms with van der Waals surface area (Å²) in [7, 11) is -1.59. The lowest BCUT2D eigenvalue weighted by Gasteiger charge is -2.21. The molecule has 0 heterocycles. The molecule has 0 aromatic heterocycles. The minimum Gasteiger partial charge on any atom is -0.463 e. The Labute approximate surface area is 85.6 Å². The van der Waals surface area contributed by atoms with E-state index in [9.17, 15) is 4.79 Å². The van der Waals surface area contributed by atoms with Gasteiger partial charge in [0.1, 0.15) is 0 Å². The van der Waals surface area contributed by atoms with Gasteiger partial charge in [-0.05, 0) is 12.0 Å². The molecule has 0 aliphatic heterocycles. The van der Waals surface area contributed by atoms with Gasteiger partial charge < -0.3 is 4.74 Å². The van der Waals surface area contributed by atoms with Crippen LogP contribution < -0.4 is 0 Å². The molecule has 0 saturated carbocycles. The third-order valence-corrected chi connectivity index (χ3v) is 5.88. The molecule has 4 heteroatoms. The normalized spacial score (nSPS) is 13.5. The molecule has 0 spiro atoms. The Kier molecular flexibility index (Phi) is 5.33. The number of esters is 1. The molecule has 76 valence electrons. The number of hydrogen-bond donors (Lipinski definition) is 0. The molecular formula is C9H17ClO2Si. The van der Waals surface area contributed by atoms with Crippen LogP contribution in [0.25, 0.3) is 0 Å². The van der Waals surface area contributed by atoms with E-state index >= 15 is 0 Å². The van der Waals surface area contributed by atoms with E-state index in [-0.39, 0.29) is 5.97 Å². The summed E-state index contributed by atoms with van der Waals surface area (Å²) in [5, 5.41) is 0. The maximum Gasteiger partial charge on any atom is 0.330 e. The van der Waals surface area contributed by atoms with Crippen LogP contribution in [0.15, 0.2) is 12.7 Å². The third kappa shape index (κ3) is 5.88. The number of hydrogen-bond acceptors (Lipinski definition) is 2. The number of carbonyl (C=O) groups is 1. The molecule has 0 aromatic carbocycles. The second-order valence-electron chi connectivity index (χ2n) is 3.63. The number of halogens is 1. The number of ether oxygens (including phenoxy) is 1. The minimum absolute atomic E-state index is 0.360. The average molecular weight is 221 g/mol. The van der Waals surface area contributed by atoms with Crippen molar-refractivity contribution >= 4 is 24.4 Å². The fourth-order valence-corrected chi connectivity index (χ4v) is 1.87. The molecule has 0 aromatic rings. The summed E-state index contributed by atoms with van der Waals surface area (Å²) < 4.78 is 4.86. The van der Waals surface area contributed by atoms with E-state index in [0.717, 1.165) is 6.42 Å². The first kappa shape index (κ1) is 12.7. The Bertz CT molecular complexity index is 187. The first-order valence-corrected chi connectivity index (χ1v) is 8.45. The van der Waals surface area contributed by atoms with Gasteiger partial charge in [0, 0.05) is 6.08 Å². The predicted octanol–water partition coefficient (Wildman–Crippen LogP) is 2.94. The highest BCUT2D eigenvalue weighted by Crippen LogP contribution is 2.27. The maximum absolute atomic E-state index is 10.7. The molecule has 0 fully saturated rings. The van der Waals surface area contributed by atoms with Gasteiger partial charge in [-0.15, -0.1) is 0 Å². The number of carbonyl (C=O) groups excluding carboxylic acids is 1. The van der Waals surface area contributed by atoms with Crippen molar-refractivity contribution in [3.05, 3.63) is 12.7 Å². The van der Waals surface area contributed by atoms with Crippen LogP contribution in [0.2, 0.25) is 18.6 Å².